The number of aryl methyl sites for hydroxylation is 1. The van der Waals surface area contributed by atoms with Gasteiger partial charge in [0.05, 0.1) is 23.2 Å². The van der Waals surface area contributed by atoms with E-state index < -0.39 is 0 Å². The third kappa shape index (κ3) is 1.20. The molecule has 18 heavy (non-hydrogen) atoms. The van der Waals surface area contributed by atoms with Crippen molar-refractivity contribution in [2.45, 2.75) is 20.8 Å². The molecule has 0 bridgehead atoms. The molecule has 2 unspecified atom stereocenters. The van der Waals surface area contributed by atoms with Crippen LogP contribution in [-0.4, -0.2) is 11.8 Å². The number of imide groups is 1. The van der Waals surface area contributed by atoms with Gasteiger partial charge in [0.2, 0.25) is 11.8 Å². The number of hydrogen-bond acceptors (Lipinski definition) is 3. The lowest BCUT2D eigenvalue weighted by Crippen LogP contribution is -2.36. The topological polar surface area (TPSA) is 63.4 Å². The van der Waals surface area contributed by atoms with E-state index in [1.54, 1.807) is 12.1 Å². The summed E-state index contributed by atoms with van der Waals surface area (Å²) in [5.74, 6) is -0.535. The Morgan fingerprint density at radius 2 is 1.72 bits per heavy atom. The molecule has 94 valence electrons. The number of carbonyl (C=O) groups excluding carboxylic acids is 2. The van der Waals surface area contributed by atoms with E-state index in [9.17, 15) is 9.59 Å². The number of fused-ring (bicyclic) bond motifs is 1. The average Bonchev–Trinajstić information content (AvgIpc) is 2.72. The fraction of sp³-hybridized carbons (Fsp3) is 0.429. The van der Waals surface area contributed by atoms with Crippen LogP contribution in [0.3, 0.4) is 0 Å². The van der Waals surface area contributed by atoms with E-state index >= 15 is 0 Å². The Hall–Kier alpha value is -1.84. The molecule has 0 aromatic heterocycles. The molecule has 1 heterocycles. The first kappa shape index (κ1) is 11.3. The van der Waals surface area contributed by atoms with Gasteiger partial charge in [-0.25, -0.2) is 4.90 Å². The Morgan fingerprint density at radius 1 is 1.17 bits per heavy atom. The zero-order valence-electron chi connectivity index (χ0n) is 10.7. The largest absolute Gasteiger partial charge is 0.397 e. The van der Waals surface area contributed by atoms with E-state index in [1.165, 1.54) is 4.90 Å². The van der Waals surface area contributed by atoms with Crippen LogP contribution < -0.4 is 10.6 Å². The van der Waals surface area contributed by atoms with Gasteiger partial charge >= 0.3 is 0 Å². The van der Waals surface area contributed by atoms with Crippen LogP contribution in [-0.2, 0) is 9.59 Å². The Balaban J connectivity index is 2.01. The molecule has 1 aliphatic carbocycles. The molecule has 4 nitrogen and oxygen atoms in total. The molecule has 1 aromatic carbocycles. The number of anilines is 2. The number of hydrogen-bond donors (Lipinski definition) is 1. The number of nitrogens with zero attached hydrogens (tertiary/aromatic N) is 1. The summed E-state index contributed by atoms with van der Waals surface area (Å²) in [6, 6.07) is 5.39. The van der Waals surface area contributed by atoms with Crippen LogP contribution in [0.25, 0.3) is 0 Å². The highest BCUT2D eigenvalue weighted by molar-refractivity contribution is 6.26. The first-order valence-corrected chi connectivity index (χ1v) is 6.09. The number of carbonyl (C=O) groups is 2. The van der Waals surface area contributed by atoms with Crippen LogP contribution in [0.4, 0.5) is 11.4 Å². The minimum Gasteiger partial charge on any atom is -0.397 e. The highest BCUT2D eigenvalue weighted by atomic mass is 16.2. The maximum absolute atomic E-state index is 12.3. The summed E-state index contributed by atoms with van der Waals surface area (Å²) in [5, 5.41) is 0. The number of nitrogen functional groups attached to an aromatic ring is 1. The SMILES string of the molecule is Cc1ccc(N2C(=O)C3C(C2=O)C3(C)C)c(N)c1. The number of amides is 2. The first-order chi connectivity index (χ1) is 8.35. The van der Waals surface area contributed by atoms with Gasteiger partial charge in [-0.2, -0.15) is 0 Å². The molecule has 4 heteroatoms. The fourth-order valence-corrected chi connectivity index (χ4v) is 3.06. The Kier molecular flexibility index (Phi) is 1.96. The summed E-state index contributed by atoms with van der Waals surface area (Å²) >= 11 is 0. The van der Waals surface area contributed by atoms with Crippen LogP contribution in [0, 0.1) is 24.2 Å². The first-order valence-electron chi connectivity index (χ1n) is 6.09. The van der Waals surface area contributed by atoms with Crippen molar-refractivity contribution in [2.24, 2.45) is 17.3 Å². The van der Waals surface area contributed by atoms with Gasteiger partial charge in [-0.15, -0.1) is 0 Å². The predicted molar refractivity (Wildman–Crippen MR) is 68.8 cm³/mol. The van der Waals surface area contributed by atoms with E-state index in [1.807, 2.05) is 26.8 Å². The number of nitrogens with two attached hydrogens (primary N) is 1. The standard InChI is InChI=1S/C14H16N2O2/c1-7-4-5-9(8(15)6-7)16-12(17)10-11(13(16)18)14(10,2)3/h4-6,10-11H,15H2,1-3H3. The van der Waals surface area contributed by atoms with Crippen LogP contribution >= 0.6 is 0 Å². The highest BCUT2D eigenvalue weighted by Gasteiger charge is 2.72. The van der Waals surface area contributed by atoms with Gasteiger partial charge in [-0.3, -0.25) is 9.59 Å². The van der Waals surface area contributed by atoms with E-state index in [0.717, 1.165) is 5.56 Å². The number of benzene rings is 1. The van der Waals surface area contributed by atoms with Crippen LogP contribution in [0.5, 0.6) is 0 Å². The second kappa shape index (κ2) is 3.13. The molecule has 1 aliphatic heterocycles. The summed E-state index contributed by atoms with van der Waals surface area (Å²) in [4.78, 5) is 25.8. The minimum atomic E-state index is -0.176. The molecule has 1 aromatic rings. The van der Waals surface area contributed by atoms with Crippen molar-refractivity contribution in [3.63, 3.8) is 0 Å². The molecule has 1 saturated carbocycles. The highest BCUT2D eigenvalue weighted by Crippen LogP contribution is 2.63. The van der Waals surface area contributed by atoms with Crippen molar-refractivity contribution in [3.05, 3.63) is 23.8 Å². The summed E-state index contributed by atoms with van der Waals surface area (Å²) in [6.45, 7) is 5.86. The zero-order valence-corrected chi connectivity index (χ0v) is 10.7. The van der Waals surface area contributed by atoms with Crippen molar-refractivity contribution >= 4 is 23.2 Å². The van der Waals surface area contributed by atoms with E-state index in [4.69, 9.17) is 5.73 Å². The Bertz CT molecular complexity index is 553. The van der Waals surface area contributed by atoms with Crippen molar-refractivity contribution in [3.8, 4) is 0 Å². The molecule has 2 amide bonds. The monoisotopic (exact) mass is 244 g/mol. The Labute approximate surface area is 106 Å². The summed E-state index contributed by atoms with van der Waals surface area (Å²) in [6.07, 6.45) is 0. The lowest BCUT2D eigenvalue weighted by molar-refractivity contribution is -0.125. The van der Waals surface area contributed by atoms with Gasteiger partial charge in [0.25, 0.3) is 0 Å². The smallest absolute Gasteiger partial charge is 0.238 e. The third-order valence-electron chi connectivity index (χ3n) is 4.22. The van der Waals surface area contributed by atoms with Crippen molar-refractivity contribution in [2.75, 3.05) is 10.6 Å². The number of rotatable bonds is 1. The van der Waals surface area contributed by atoms with Gasteiger partial charge < -0.3 is 5.73 Å². The zero-order chi connectivity index (χ0) is 13.2. The van der Waals surface area contributed by atoms with E-state index in [-0.39, 0.29) is 29.1 Å². The lowest BCUT2D eigenvalue weighted by Gasteiger charge is -2.22. The molecular formula is C14H16N2O2. The molecule has 3 rings (SSSR count). The van der Waals surface area contributed by atoms with Gasteiger partial charge in [-0.05, 0) is 30.0 Å². The summed E-state index contributed by atoms with van der Waals surface area (Å²) in [5.41, 5.74) is 7.75. The quantitative estimate of drug-likeness (QED) is 0.604. The normalized spacial score (nSPS) is 28.5. The van der Waals surface area contributed by atoms with Crippen LogP contribution in [0.2, 0.25) is 0 Å². The molecule has 1 saturated heterocycles. The molecule has 2 aliphatic rings. The van der Waals surface area contributed by atoms with Crippen molar-refractivity contribution < 1.29 is 9.59 Å². The number of piperidine rings is 1. The Morgan fingerprint density at radius 3 is 2.22 bits per heavy atom. The van der Waals surface area contributed by atoms with E-state index in [2.05, 4.69) is 0 Å². The molecule has 2 N–H and O–H groups in total. The average molecular weight is 244 g/mol. The lowest BCUT2D eigenvalue weighted by atomic mass is 10.0. The van der Waals surface area contributed by atoms with Gasteiger partial charge in [0.15, 0.2) is 0 Å². The predicted octanol–water partition coefficient (Wildman–Crippen LogP) is 1.72. The van der Waals surface area contributed by atoms with Gasteiger partial charge in [0.1, 0.15) is 0 Å². The second-order valence-electron chi connectivity index (χ2n) is 5.85. The van der Waals surface area contributed by atoms with Gasteiger partial charge in [-0.1, -0.05) is 19.9 Å². The molecule has 0 spiro atoms. The molecule has 2 atom stereocenters. The molecule has 2 fully saturated rings. The maximum Gasteiger partial charge on any atom is 0.238 e. The summed E-state index contributed by atoms with van der Waals surface area (Å²) < 4.78 is 0. The van der Waals surface area contributed by atoms with E-state index in [0.29, 0.717) is 11.4 Å². The van der Waals surface area contributed by atoms with Crippen molar-refractivity contribution in [1.29, 1.82) is 0 Å². The minimum absolute atomic E-state index is 0.106. The molecule has 0 radical (unpaired) electrons. The van der Waals surface area contributed by atoms with Crippen LogP contribution in [0.15, 0.2) is 18.2 Å². The van der Waals surface area contributed by atoms with Crippen LogP contribution in [0.1, 0.15) is 19.4 Å². The third-order valence-corrected chi connectivity index (χ3v) is 4.22. The molecular weight excluding hydrogens is 228 g/mol. The maximum atomic E-state index is 12.3. The second-order valence-corrected chi connectivity index (χ2v) is 5.85. The summed E-state index contributed by atoms with van der Waals surface area (Å²) in [7, 11) is 0. The van der Waals surface area contributed by atoms with Gasteiger partial charge in [0, 0.05) is 0 Å². The van der Waals surface area contributed by atoms with Crippen molar-refractivity contribution in [1.82, 2.24) is 0 Å². The fourth-order valence-electron chi connectivity index (χ4n) is 3.06.